The summed E-state index contributed by atoms with van der Waals surface area (Å²) in [5.74, 6) is -0.910. The third-order valence-electron chi connectivity index (χ3n) is 8.10. The van der Waals surface area contributed by atoms with Crippen molar-refractivity contribution in [2.24, 2.45) is 5.92 Å². The Morgan fingerprint density at radius 1 is 0.822 bits per heavy atom. The summed E-state index contributed by atoms with van der Waals surface area (Å²) < 4.78 is 34.1. The SMILES string of the molecule is CCCOc1ccc2c(c1)C(c1ccc(OC)cc1OCC(=O)OCc1ccccc1)C(C(=O)O)C2c1ccc2c(c1)OCO2. The fourth-order valence-electron chi connectivity index (χ4n) is 6.07. The zero-order valence-electron chi connectivity index (χ0n) is 25.1. The molecule has 0 bridgehead atoms. The molecule has 2 aliphatic rings. The fraction of sp³-hybridized carbons (Fsp3) is 0.278. The third kappa shape index (κ3) is 6.24. The molecule has 0 spiro atoms. The minimum atomic E-state index is -0.973. The number of ether oxygens (including phenoxy) is 6. The van der Waals surface area contributed by atoms with Gasteiger partial charge in [-0.05, 0) is 59.0 Å². The van der Waals surface area contributed by atoms with E-state index in [9.17, 15) is 14.7 Å². The lowest BCUT2D eigenvalue weighted by Crippen LogP contribution is -2.24. The normalized spacial score (nSPS) is 17.8. The Hall–Kier alpha value is -5.18. The van der Waals surface area contributed by atoms with Crippen molar-refractivity contribution in [1.29, 1.82) is 0 Å². The van der Waals surface area contributed by atoms with Gasteiger partial charge in [-0.2, -0.15) is 0 Å². The van der Waals surface area contributed by atoms with E-state index in [4.69, 9.17) is 28.4 Å². The zero-order chi connectivity index (χ0) is 31.3. The topological polar surface area (TPSA) is 110 Å². The fourth-order valence-corrected chi connectivity index (χ4v) is 6.07. The highest BCUT2D eigenvalue weighted by atomic mass is 16.7. The van der Waals surface area contributed by atoms with Crippen LogP contribution in [0.15, 0.2) is 84.9 Å². The van der Waals surface area contributed by atoms with Gasteiger partial charge in [0.25, 0.3) is 0 Å². The maximum Gasteiger partial charge on any atom is 0.344 e. The average Bonchev–Trinajstić information content (AvgIpc) is 3.68. The van der Waals surface area contributed by atoms with E-state index in [2.05, 4.69) is 0 Å². The third-order valence-corrected chi connectivity index (χ3v) is 8.10. The summed E-state index contributed by atoms with van der Waals surface area (Å²) >= 11 is 0. The second-order valence-electron chi connectivity index (χ2n) is 10.9. The molecule has 6 rings (SSSR count). The molecule has 0 fully saturated rings. The highest BCUT2D eigenvalue weighted by Gasteiger charge is 2.48. The molecule has 232 valence electrons. The minimum absolute atomic E-state index is 0.114. The summed E-state index contributed by atoms with van der Waals surface area (Å²) in [7, 11) is 1.53. The van der Waals surface area contributed by atoms with Gasteiger partial charge < -0.3 is 33.5 Å². The first-order valence-corrected chi connectivity index (χ1v) is 14.9. The van der Waals surface area contributed by atoms with Gasteiger partial charge in [-0.1, -0.05) is 55.5 Å². The number of aliphatic carboxylic acids is 1. The maximum absolute atomic E-state index is 13.2. The lowest BCUT2D eigenvalue weighted by atomic mass is 9.79. The molecule has 0 amide bonds. The predicted octanol–water partition coefficient (Wildman–Crippen LogP) is 6.31. The first-order chi connectivity index (χ1) is 22.0. The molecule has 1 heterocycles. The average molecular weight is 611 g/mol. The Bertz CT molecular complexity index is 1680. The summed E-state index contributed by atoms with van der Waals surface area (Å²) in [6.07, 6.45) is 0.828. The van der Waals surface area contributed by atoms with Gasteiger partial charge in [0.05, 0.1) is 19.6 Å². The van der Waals surface area contributed by atoms with E-state index in [0.29, 0.717) is 40.9 Å². The van der Waals surface area contributed by atoms with E-state index < -0.39 is 29.7 Å². The maximum atomic E-state index is 13.2. The van der Waals surface area contributed by atoms with Crippen LogP contribution in [0.25, 0.3) is 0 Å². The van der Waals surface area contributed by atoms with Crippen molar-refractivity contribution < 1.29 is 43.1 Å². The number of fused-ring (bicyclic) bond motifs is 2. The molecular formula is C36H34O9. The number of hydrogen-bond donors (Lipinski definition) is 1. The van der Waals surface area contributed by atoms with Gasteiger partial charge in [0.15, 0.2) is 18.1 Å². The molecule has 9 heteroatoms. The van der Waals surface area contributed by atoms with Crippen LogP contribution in [-0.2, 0) is 20.9 Å². The van der Waals surface area contributed by atoms with Crippen LogP contribution in [0.1, 0.15) is 53.0 Å². The Kier molecular flexibility index (Phi) is 8.77. The molecule has 45 heavy (non-hydrogen) atoms. The van der Waals surface area contributed by atoms with Gasteiger partial charge >= 0.3 is 11.9 Å². The van der Waals surface area contributed by atoms with Crippen LogP contribution in [-0.4, -0.2) is 44.2 Å². The number of methoxy groups -OCH3 is 1. The number of benzene rings is 4. The molecule has 4 aromatic carbocycles. The van der Waals surface area contributed by atoms with Crippen LogP contribution < -0.4 is 23.7 Å². The number of hydrogen-bond acceptors (Lipinski definition) is 8. The first kappa shape index (κ1) is 29.9. The standard InChI is InChI=1S/C36H34O9/c1-3-15-41-25-11-12-26-28(17-25)34(35(36(38)39)33(26)23-9-14-29-31(16-23)45-21-44-29)27-13-10-24(40-2)18-30(27)42-20-32(37)43-19-22-7-5-4-6-8-22/h4-14,16-18,33-35H,3,15,19-21H2,1-2H3,(H,38,39). The largest absolute Gasteiger partial charge is 0.497 e. The molecule has 0 saturated carbocycles. The van der Waals surface area contributed by atoms with Crippen molar-refractivity contribution in [3.05, 3.63) is 113 Å². The van der Waals surface area contributed by atoms with Gasteiger partial charge in [0, 0.05) is 23.5 Å². The number of carbonyl (C=O) groups excluding carboxylic acids is 1. The molecule has 4 aromatic rings. The molecule has 1 N–H and O–H groups in total. The van der Waals surface area contributed by atoms with Crippen LogP contribution in [0, 0.1) is 5.92 Å². The Labute approximate surface area is 261 Å². The van der Waals surface area contributed by atoms with Crippen LogP contribution in [0.5, 0.6) is 28.7 Å². The highest BCUT2D eigenvalue weighted by Crippen LogP contribution is 2.56. The van der Waals surface area contributed by atoms with Crippen molar-refractivity contribution in [3.8, 4) is 28.7 Å². The number of rotatable bonds is 12. The summed E-state index contributed by atoms with van der Waals surface area (Å²) in [6.45, 7) is 2.42. The lowest BCUT2D eigenvalue weighted by Gasteiger charge is -2.25. The predicted molar refractivity (Wildman–Crippen MR) is 164 cm³/mol. The number of esters is 1. The van der Waals surface area contributed by atoms with Gasteiger partial charge in [-0.15, -0.1) is 0 Å². The van der Waals surface area contributed by atoms with Crippen molar-refractivity contribution in [1.82, 2.24) is 0 Å². The Balaban J connectivity index is 1.38. The number of carboxylic acids is 1. The smallest absolute Gasteiger partial charge is 0.344 e. The first-order valence-electron chi connectivity index (χ1n) is 14.9. The molecule has 1 aliphatic carbocycles. The molecule has 9 nitrogen and oxygen atoms in total. The van der Waals surface area contributed by atoms with Gasteiger partial charge in [-0.3, -0.25) is 4.79 Å². The lowest BCUT2D eigenvalue weighted by molar-refractivity contribution is -0.147. The van der Waals surface area contributed by atoms with E-state index in [1.165, 1.54) is 7.11 Å². The van der Waals surface area contributed by atoms with E-state index in [1.54, 1.807) is 18.2 Å². The molecular weight excluding hydrogens is 576 g/mol. The van der Waals surface area contributed by atoms with E-state index in [-0.39, 0.29) is 20.0 Å². The highest BCUT2D eigenvalue weighted by molar-refractivity contribution is 5.79. The van der Waals surface area contributed by atoms with Gasteiger partial charge in [0.1, 0.15) is 23.9 Å². The Morgan fingerprint density at radius 3 is 2.38 bits per heavy atom. The van der Waals surface area contributed by atoms with Crippen LogP contribution in [0.4, 0.5) is 0 Å². The quantitative estimate of drug-likeness (QED) is 0.185. The van der Waals surface area contributed by atoms with E-state index >= 15 is 0 Å². The van der Waals surface area contributed by atoms with Crippen molar-refractivity contribution in [2.75, 3.05) is 27.1 Å². The van der Waals surface area contributed by atoms with E-state index in [0.717, 1.165) is 28.7 Å². The van der Waals surface area contributed by atoms with Gasteiger partial charge in [-0.25, -0.2) is 4.79 Å². The van der Waals surface area contributed by atoms with Crippen LogP contribution in [0.2, 0.25) is 0 Å². The van der Waals surface area contributed by atoms with Crippen LogP contribution >= 0.6 is 0 Å². The monoisotopic (exact) mass is 610 g/mol. The minimum Gasteiger partial charge on any atom is -0.497 e. The van der Waals surface area contributed by atoms with E-state index in [1.807, 2.05) is 73.7 Å². The second-order valence-corrected chi connectivity index (χ2v) is 10.9. The zero-order valence-corrected chi connectivity index (χ0v) is 25.1. The molecule has 3 atom stereocenters. The van der Waals surface area contributed by atoms with Crippen molar-refractivity contribution in [2.45, 2.75) is 31.8 Å². The number of carboxylic acid groups (broad SMARTS) is 1. The molecule has 0 radical (unpaired) electrons. The number of carbonyl (C=O) groups is 2. The van der Waals surface area contributed by atoms with Crippen LogP contribution in [0.3, 0.4) is 0 Å². The summed E-state index contributed by atoms with van der Waals surface area (Å²) in [5.41, 5.74) is 3.92. The summed E-state index contributed by atoms with van der Waals surface area (Å²) in [6, 6.07) is 25.9. The van der Waals surface area contributed by atoms with Crippen molar-refractivity contribution >= 4 is 11.9 Å². The molecule has 0 aromatic heterocycles. The summed E-state index contributed by atoms with van der Waals surface area (Å²) in [5, 5.41) is 10.8. The molecule has 1 aliphatic heterocycles. The molecule has 0 saturated heterocycles. The second kappa shape index (κ2) is 13.2. The van der Waals surface area contributed by atoms with Crippen molar-refractivity contribution in [3.63, 3.8) is 0 Å². The molecule has 3 unspecified atom stereocenters. The summed E-state index contributed by atoms with van der Waals surface area (Å²) in [4.78, 5) is 25.9. The van der Waals surface area contributed by atoms with Gasteiger partial charge in [0.2, 0.25) is 6.79 Å². The Morgan fingerprint density at radius 2 is 1.60 bits per heavy atom.